The number of guanidine groups is 1. The van der Waals surface area contributed by atoms with Crippen LogP contribution in [0.1, 0.15) is 42.5 Å². The molecule has 0 radical (unpaired) electrons. The van der Waals surface area contributed by atoms with E-state index in [9.17, 15) is 0 Å². The summed E-state index contributed by atoms with van der Waals surface area (Å²) in [6, 6.07) is 18.3. The normalized spacial score (nSPS) is 14.9. The van der Waals surface area contributed by atoms with Crippen molar-refractivity contribution in [2.75, 3.05) is 33.3 Å². The topological polar surface area (TPSA) is 72.7 Å². The molecule has 1 atom stereocenters. The third kappa shape index (κ3) is 7.40. The van der Waals surface area contributed by atoms with E-state index in [1.807, 2.05) is 30.3 Å². The fraction of sp³-hybridized carbons (Fsp3) is 0.417. The summed E-state index contributed by atoms with van der Waals surface area (Å²) in [7, 11) is 1.71. The van der Waals surface area contributed by atoms with Crippen LogP contribution >= 0.6 is 24.0 Å². The van der Waals surface area contributed by atoms with Gasteiger partial charge in [-0.2, -0.15) is 5.26 Å². The molecule has 166 valence electrons. The zero-order valence-electron chi connectivity index (χ0n) is 18.3. The highest BCUT2D eigenvalue weighted by Crippen LogP contribution is 2.27. The van der Waals surface area contributed by atoms with Crippen molar-refractivity contribution in [2.24, 2.45) is 4.99 Å². The molecule has 3 rings (SSSR count). The number of methoxy groups -OCH3 is 1. The van der Waals surface area contributed by atoms with Gasteiger partial charge in [0.2, 0.25) is 0 Å². The van der Waals surface area contributed by atoms with Gasteiger partial charge in [-0.15, -0.1) is 24.0 Å². The van der Waals surface area contributed by atoms with Crippen LogP contribution in [0.4, 0.5) is 0 Å². The number of hydrogen-bond donors (Lipinski definition) is 2. The van der Waals surface area contributed by atoms with Crippen LogP contribution in [0.25, 0.3) is 0 Å². The Morgan fingerprint density at radius 3 is 2.55 bits per heavy atom. The smallest absolute Gasteiger partial charge is 0.191 e. The number of likely N-dealkylation sites (tertiary alicyclic amines) is 1. The SMILES string of the molecule is CCNC(=NCc1ccc(C#N)cc1)NCC(c1cccc(OC)c1)N1CCCC1.I. The molecule has 0 aromatic heterocycles. The number of ether oxygens (including phenoxy) is 1. The summed E-state index contributed by atoms with van der Waals surface area (Å²) >= 11 is 0. The van der Waals surface area contributed by atoms with Gasteiger partial charge < -0.3 is 15.4 Å². The molecular weight excluding hydrogens is 501 g/mol. The van der Waals surface area contributed by atoms with Crippen molar-refractivity contribution in [1.29, 1.82) is 5.26 Å². The zero-order valence-corrected chi connectivity index (χ0v) is 20.6. The molecule has 1 heterocycles. The van der Waals surface area contributed by atoms with Crippen LogP contribution < -0.4 is 15.4 Å². The summed E-state index contributed by atoms with van der Waals surface area (Å²) in [5, 5.41) is 15.8. The molecular formula is C24H32IN5O. The number of nitrogens with one attached hydrogen (secondary N) is 2. The monoisotopic (exact) mass is 533 g/mol. The van der Waals surface area contributed by atoms with Crippen LogP contribution in [0.15, 0.2) is 53.5 Å². The molecule has 7 heteroatoms. The molecule has 1 unspecified atom stereocenters. The van der Waals surface area contributed by atoms with E-state index < -0.39 is 0 Å². The van der Waals surface area contributed by atoms with Gasteiger partial charge in [0.05, 0.1) is 31.3 Å². The summed E-state index contributed by atoms with van der Waals surface area (Å²) in [6.45, 7) is 6.43. The first-order valence-corrected chi connectivity index (χ1v) is 10.6. The average Bonchev–Trinajstić information content (AvgIpc) is 3.32. The molecule has 0 aliphatic carbocycles. The first-order chi connectivity index (χ1) is 14.7. The van der Waals surface area contributed by atoms with E-state index in [0.717, 1.165) is 43.5 Å². The molecule has 2 aromatic carbocycles. The predicted octanol–water partition coefficient (Wildman–Crippen LogP) is 4.08. The lowest BCUT2D eigenvalue weighted by molar-refractivity contribution is 0.245. The first kappa shape index (κ1) is 25.0. The zero-order chi connectivity index (χ0) is 21.2. The fourth-order valence-electron chi connectivity index (χ4n) is 3.75. The van der Waals surface area contributed by atoms with Gasteiger partial charge in [-0.1, -0.05) is 24.3 Å². The maximum atomic E-state index is 8.95. The van der Waals surface area contributed by atoms with Crippen LogP contribution in [-0.2, 0) is 6.54 Å². The van der Waals surface area contributed by atoms with Crippen LogP contribution in [0.3, 0.4) is 0 Å². The van der Waals surface area contributed by atoms with Crippen LogP contribution in [0.5, 0.6) is 5.75 Å². The largest absolute Gasteiger partial charge is 0.497 e. The van der Waals surface area contributed by atoms with Crippen molar-refractivity contribution in [3.8, 4) is 11.8 Å². The Balaban J connectivity index is 0.00000341. The number of nitriles is 1. The minimum atomic E-state index is 0. The Hall–Kier alpha value is -2.31. The van der Waals surface area contributed by atoms with E-state index in [0.29, 0.717) is 12.1 Å². The molecule has 0 spiro atoms. The Morgan fingerprint density at radius 1 is 1.16 bits per heavy atom. The number of halogens is 1. The summed E-state index contributed by atoms with van der Waals surface area (Å²) in [5.74, 6) is 1.69. The second kappa shape index (κ2) is 13.2. The Kier molecular flexibility index (Phi) is 10.6. The van der Waals surface area contributed by atoms with Crippen LogP contribution in [0, 0.1) is 11.3 Å². The molecule has 1 aliphatic heterocycles. The van der Waals surface area contributed by atoms with Gasteiger partial charge >= 0.3 is 0 Å². The van der Waals surface area contributed by atoms with Gasteiger partial charge in [0.1, 0.15) is 5.75 Å². The van der Waals surface area contributed by atoms with Crippen LogP contribution in [0.2, 0.25) is 0 Å². The van der Waals surface area contributed by atoms with Crippen molar-refractivity contribution >= 4 is 29.9 Å². The van der Waals surface area contributed by atoms with Crippen molar-refractivity contribution in [3.63, 3.8) is 0 Å². The number of nitrogens with zero attached hydrogens (tertiary/aromatic N) is 3. The molecule has 2 aromatic rings. The predicted molar refractivity (Wildman–Crippen MR) is 136 cm³/mol. The summed E-state index contributed by atoms with van der Waals surface area (Å²) in [5.41, 5.74) is 3.00. The average molecular weight is 533 g/mol. The Labute approximate surface area is 202 Å². The number of benzene rings is 2. The number of rotatable bonds is 8. The summed E-state index contributed by atoms with van der Waals surface area (Å²) < 4.78 is 5.44. The minimum absolute atomic E-state index is 0. The number of aliphatic imine (C=N–C) groups is 1. The second-order valence-electron chi connectivity index (χ2n) is 7.42. The highest BCUT2D eigenvalue weighted by molar-refractivity contribution is 14.0. The van der Waals surface area contributed by atoms with Gasteiger partial charge in [0, 0.05) is 13.1 Å². The third-order valence-electron chi connectivity index (χ3n) is 5.37. The minimum Gasteiger partial charge on any atom is -0.497 e. The Morgan fingerprint density at radius 2 is 1.90 bits per heavy atom. The maximum Gasteiger partial charge on any atom is 0.191 e. The lowest BCUT2D eigenvalue weighted by Crippen LogP contribution is -2.42. The molecule has 6 nitrogen and oxygen atoms in total. The van der Waals surface area contributed by atoms with E-state index in [-0.39, 0.29) is 30.0 Å². The standard InChI is InChI=1S/C24H31N5O.HI/c1-3-26-24(27-17-20-11-9-19(16-25)10-12-20)28-18-23(29-13-4-5-14-29)21-7-6-8-22(15-21)30-2;/h6-12,15,23H,3-5,13-14,17-18H2,1-2H3,(H2,26,27,28);1H. The van der Waals surface area contributed by atoms with Crippen molar-refractivity contribution in [2.45, 2.75) is 32.4 Å². The van der Waals surface area contributed by atoms with E-state index in [2.05, 4.69) is 46.7 Å². The van der Waals surface area contributed by atoms with E-state index in [1.54, 1.807) is 7.11 Å². The van der Waals surface area contributed by atoms with Crippen LogP contribution in [-0.4, -0.2) is 44.1 Å². The van der Waals surface area contributed by atoms with E-state index >= 15 is 0 Å². The highest BCUT2D eigenvalue weighted by Gasteiger charge is 2.24. The summed E-state index contributed by atoms with van der Waals surface area (Å²) in [6.07, 6.45) is 2.49. The van der Waals surface area contributed by atoms with Crippen molar-refractivity contribution in [1.82, 2.24) is 15.5 Å². The summed E-state index contributed by atoms with van der Waals surface area (Å²) in [4.78, 5) is 7.27. The number of hydrogen-bond acceptors (Lipinski definition) is 4. The fourth-order valence-corrected chi connectivity index (χ4v) is 3.75. The molecule has 1 fully saturated rings. The van der Waals surface area contributed by atoms with Gasteiger partial charge in [-0.25, -0.2) is 4.99 Å². The van der Waals surface area contributed by atoms with Gasteiger partial charge in [-0.05, 0) is 68.2 Å². The molecule has 1 saturated heterocycles. The molecule has 31 heavy (non-hydrogen) atoms. The quantitative estimate of drug-likeness (QED) is 0.304. The Bertz CT molecular complexity index is 872. The molecule has 1 aliphatic rings. The lowest BCUT2D eigenvalue weighted by atomic mass is 10.1. The van der Waals surface area contributed by atoms with Crippen molar-refractivity contribution < 1.29 is 4.74 Å². The van der Waals surface area contributed by atoms with Gasteiger partial charge in [0.15, 0.2) is 5.96 Å². The second-order valence-corrected chi connectivity index (χ2v) is 7.42. The van der Waals surface area contributed by atoms with Gasteiger partial charge in [0.25, 0.3) is 0 Å². The molecule has 0 bridgehead atoms. The van der Waals surface area contributed by atoms with Crippen molar-refractivity contribution in [3.05, 3.63) is 65.2 Å². The van der Waals surface area contributed by atoms with Gasteiger partial charge in [-0.3, -0.25) is 4.90 Å². The first-order valence-electron chi connectivity index (χ1n) is 10.6. The maximum absolute atomic E-state index is 8.95. The highest BCUT2D eigenvalue weighted by atomic mass is 127. The lowest BCUT2D eigenvalue weighted by Gasteiger charge is -2.29. The molecule has 0 saturated carbocycles. The molecule has 2 N–H and O–H groups in total. The molecule has 0 amide bonds. The van der Waals surface area contributed by atoms with E-state index in [1.165, 1.54) is 18.4 Å². The van der Waals surface area contributed by atoms with E-state index in [4.69, 9.17) is 15.0 Å². The third-order valence-corrected chi connectivity index (χ3v) is 5.37.